The van der Waals surface area contributed by atoms with Gasteiger partial charge in [0.25, 0.3) is 0 Å². The molecule has 1 saturated heterocycles. The fourth-order valence-corrected chi connectivity index (χ4v) is 10.3. The van der Waals surface area contributed by atoms with Crippen LogP contribution < -0.4 is 5.32 Å². The van der Waals surface area contributed by atoms with E-state index in [4.69, 9.17) is 33.2 Å². The molecule has 1 aliphatic heterocycles. The number of rotatable bonds is 10. The van der Waals surface area contributed by atoms with E-state index in [1.54, 1.807) is 109 Å². The summed E-state index contributed by atoms with van der Waals surface area (Å²) in [5.41, 5.74) is -6.16. The Balaban J connectivity index is 1.52. The smallest absolute Gasteiger partial charge is 0.408 e. The molecular weight excluding hydrogens is 778 g/mol. The predicted octanol–water partition coefficient (Wildman–Crippen LogP) is 4.36. The van der Waals surface area contributed by atoms with Gasteiger partial charge in [-0.1, -0.05) is 69.3 Å². The third kappa shape index (κ3) is 7.62. The molecule has 60 heavy (non-hydrogen) atoms. The highest BCUT2D eigenvalue weighted by Crippen LogP contribution is 2.65. The lowest BCUT2D eigenvalue weighted by Crippen LogP contribution is -2.82. The van der Waals surface area contributed by atoms with Gasteiger partial charge in [-0.3, -0.25) is 4.79 Å². The Bertz CT molecular complexity index is 1960. The van der Waals surface area contributed by atoms with E-state index in [9.17, 15) is 34.5 Å². The summed E-state index contributed by atoms with van der Waals surface area (Å²) >= 11 is 0. The maximum absolute atomic E-state index is 14.3. The van der Waals surface area contributed by atoms with E-state index in [0.717, 1.165) is 0 Å². The van der Waals surface area contributed by atoms with Gasteiger partial charge in [-0.15, -0.1) is 0 Å². The van der Waals surface area contributed by atoms with Crippen LogP contribution >= 0.6 is 0 Å². The second-order valence-corrected chi connectivity index (χ2v) is 18.2. The molecule has 0 aromatic heterocycles. The standard InChI is InChI=1S/C45H59NO14/c1-24-28(57-39(51)33(48)32(26-17-13-11-14-18-26)46-40(52)60-41(3,4)5)22-45(53)37(58-38(50)27-19-15-12-16-20-27)35-43(8,36(49)34(55-10)31(24)42(45,6)7)29(54-9)21-30-44(35,23-56-30)59-25(2)47/h11-20,28-30,32-37,48-49,53H,21-23H2,1-10H3,(H,46,52). The molecule has 12 unspecified atom stereocenters. The van der Waals surface area contributed by atoms with E-state index in [-0.39, 0.29) is 18.6 Å². The molecule has 2 aromatic carbocycles. The summed E-state index contributed by atoms with van der Waals surface area (Å²) in [6.07, 6.45) is -10.2. The van der Waals surface area contributed by atoms with E-state index >= 15 is 0 Å². The number of hydrogen-bond donors (Lipinski definition) is 4. The van der Waals surface area contributed by atoms with Crippen molar-refractivity contribution in [2.24, 2.45) is 16.7 Å². The van der Waals surface area contributed by atoms with E-state index in [1.807, 2.05) is 0 Å². The molecule has 2 aromatic rings. The van der Waals surface area contributed by atoms with Crippen LogP contribution in [-0.2, 0) is 42.7 Å². The molecule has 0 spiro atoms. The van der Waals surface area contributed by atoms with Crippen molar-refractivity contribution < 1.29 is 67.7 Å². The minimum absolute atomic E-state index is 0.147. The number of ether oxygens (including phenoxy) is 7. The minimum atomic E-state index is -2.18. The number of nitrogens with one attached hydrogen (secondary N) is 1. The van der Waals surface area contributed by atoms with Crippen molar-refractivity contribution >= 4 is 24.0 Å². The molecule has 0 radical (unpaired) electrons. The maximum atomic E-state index is 14.3. The second kappa shape index (κ2) is 16.5. The Morgan fingerprint density at radius 3 is 2.08 bits per heavy atom. The molecule has 2 bridgehead atoms. The number of benzene rings is 2. The predicted molar refractivity (Wildman–Crippen MR) is 214 cm³/mol. The van der Waals surface area contributed by atoms with Gasteiger partial charge in [-0.05, 0) is 56.5 Å². The van der Waals surface area contributed by atoms with Gasteiger partial charge in [0.15, 0.2) is 11.7 Å². The number of carbonyl (C=O) groups is 4. The van der Waals surface area contributed by atoms with Gasteiger partial charge in [-0.25, -0.2) is 14.4 Å². The van der Waals surface area contributed by atoms with Crippen molar-refractivity contribution in [1.29, 1.82) is 0 Å². The van der Waals surface area contributed by atoms with E-state index in [0.29, 0.717) is 16.7 Å². The molecular formula is C45H59NO14. The summed E-state index contributed by atoms with van der Waals surface area (Å²) in [6.45, 7) is 13.0. The van der Waals surface area contributed by atoms with Crippen LogP contribution in [0.1, 0.15) is 90.2 Å². The number of aliphatic hydroxyl groups is 3. The monoisotopic (exact) mass is 837 g/mol. The average Bonchev–Trinajstić information content (AvgIpc) is 3.18. The number of carbonyl (C=O) groups excluding carboxylic acids is 4. The fraction of sp³-hybridized carbons (Fsp3) is 0.600. The van der Waals surface area contributed by atoms with Crippen molar-refractivity contribution in [3.8, 4) is 0 Å². The van der Waals surface area contributed by atoms with Gasteiger partial charge >= 0.3 is 24.0 Å². The van der Waals surface area contributed by atoms with Crippen molar-refractivity contribution in [3.63, 3.8) is 0 Å². The van der Waals surface area contributed by atoms with E-state index in [1.165, 1.54) is 21.1 Å². The third-order valence-corrected chi connectivity index (χ3v) is 13.3. The zero-order chi connectivity index (χ0) is 44.2. The summed E-state index contributed by atoms with van der Waals surface area (Å²) < 4.78 is 42.7. The number of amides is 1. The SMILES string of the molecule is COC1C2=C(C)C(OC(=O)C(O)C(NC(=O)OC(C)(C)C)c3ccccc3)CC(O)(C(OC(=O)c3ccccc3)C3C4(OC(C)=O)COC4CC(OC)C3(C)C1O)C2(C)C. The highest BCUT2D eigenvalue weighted by molar-refractivity contribution is 5.89. The summed E-state index contributed by atoms with van der Waals surface area (Å²) in [5.74, 6) is -3.83. The van der Waals surface area contributed by atoms with E-state index in [2.05, 4.69) is 5.32 Å². The van der Waals surface area contributed by atoms with E-state index < -0.39 is 113 Å². The van der Waals surface area contributed by atoms with Gasteiger partial charge in [-0.2, -0.15) is 0 Å². The third-order valence-electron chi connectivity index (χ3n) is 13.3. The topological polar surface area (TPSA) is 206 Å². The normalized spacial score (nSPS) is 34.2. The zero-order valence-electron chi connectivity index (χ0n) is 35.9. The molecule has 1 heterocycles. The molecule has 12 atom stereocenters. The first-order valence-electron chi connectivity index (χ1n) is 20.2. The Kier molecular flexibility index (Phi) is 12.4. The highest BCUT2D eigenvalue weighted by Gasteiger charge is 2.78. The van der Waals surface area contributed by atoms with Crippen LogP contribution in [0.25, 0.3) is 0 Å². The summed E-state index contributed by atoms with van der Waals surface area (Å²) in [6, 6.07) is 15.2. The quantitative estimate of drug-likeness (QED) is 0.149. The van der Waals surface area contributed by atoms with Gasteiger partial charge in [0, 0.05) is 44.8 Å². The Morgan fingerprint density at radius 1 is 0.933 bits per heavy atom. The van der Waals surface area contributed by atoms with Crippen molar-refractivity contribution in [3.05, 3.63) is 82.9 Å². The lowest BCUT2D eigenvalue weighted by molar-refractivity contribution is -0.367. The first-order chi connectivity index (χ1) is 28.1. The molecule has 2 saturated carbocycles. The molecule has 15 heteroatoms. The summed E-state index contributed by atoms with van der Waals surface area (Å²) in [4.78, 5) is 54.6. The number of alkyl carbamates (subject to hydrolysis) is 1. The summed E-state index contributed by atoms with van der Waals surface area (Å²) in [7, 11) is 2.89. The number of fused-ring (bicyclic) bond motifs is 5. The van der Waals surface area contributed by atoms with Crippen molar-refractivity contribution in [2.75, 3.05) is 20.8 Å². The minimum Gasteiger partial charge on any atom is -0.456 e. The Hall–Kier alpha value is -4.38. The van der Waals surface area contributed by atoms with Crippen LogP contribution in [0.3, 0.4) is 0 Å². The van der Waals surface area contributed by atoms with Gasteiger partial charge in [0.2, 0.25) is 0 Å². The Morgan fingerprint density at radius 2 is 1.55 bits per heavy atom. The molecule has 1 amide bonds. The summed E-state index contributed by atoms with van der Waals surface area (Å²) in [5, 5.41) is 40.9. The van der Waals surface area contributed by atoms with Gasteiger partial charge < -0.3 is 53.8 Å². The van der Waals surface area contributed by atoms with Crippen molar-refractivity contribution in [1.82, 2.24) is 5.32 Å². The van der Waals surface area contributed by atoms with Gasteiger partial charge in [0.1, 0.15) is 35.6 Å². The largest absolute Gasteiger partial charge is 0.456 e. The lowest BCUT2D eigenvalue weighted by atomic mass is 9.44. The number of hydrogen-bond acceptors (Lipinski definition) is 14. The molecule has 328 valence electrons. The average molecular weight is 838 g/mol. The number of methoxy groups -OCH3 is 2. The second-order valence-electron chi connectivity index (χ2n) is 18.2. The lowest BCUT2D eigenvalue weighted by Gasteiger charge is -2.69. The molecule has 15 nitrogen and oxygen atoms in total. The molecule has 3 fully saturated rings. The van der Waals surface area contributed by atoms with Crippen LogP contribution in [-0.4, -0.2) is 120 Å². The van der Waals surface area contributed by atoms with Crippen LogP contribution in [0.15, 0.2) is 71.8 Å². The molecule has 6 rings (SSSR count). The molecule has 4 aliphatic rings. The van der Waals surface area contributed by atoms with Crippen LogP contribution in [0.2, 0.25) is 0 Å². The number of esters is 3. The Labute approximate surface area is 350 Å². The van der Waals surface area contributed by atoms with Crippen LogP contribution in [0, 0.1) is 16.7 Å². The maximum Gasteiger partial charge on any atom is 0.408 e. The first kappa shape index (κ1) is 45.2. The fourth-order valence-electron chi connectivity index (χ4n) is 10.3. The highest BCUT2D eigenvalue weighted by atomic mass is 16.6. The van der Waals surface area contributed by atoms with Gasteiger partial charge in [0.05, 0.1) is 36.3 Å². The molecule has 3 aliphatic carbocycles. The number of aliphatic hydroxyl groups excluding tert-OH is 2. The van der Waals surface area contributed by atoms with Crippen LogP contribution in [0.4, 0.5) is 4.79 Å². The molecule has 4 N–H and O–H groups in total. The zero-order valence-corrected chi connectivity index (χ0v) is 35.9. The van der Waals surface area contributed by atoms with Crippen LogP contribution in [0.5, 0.6) is 0 Å². The first-order valence-corrected chi connectivity index (χ1v) is 20.2. The van der Waals surface area contributed by atoms with Crippen molar-refractivity contribution in [2.45, 2.75) is 134 Å².